The lowest BCUT2D eigenvalue weighted by Gasteiger charge is -2.31. The number of hydrogen-bond donors (Lipinski definition) is 3. The van der Waals surface area contributed by atoms with Crippen LogP contribution in [0.3, 0.4) is 0 Å². The molecule has 0 spiro atoms. The summed E-state index contributed by atoms with van der Waals surface area (Å²) in [6.45, 7) is -0.301. The van der Waals surface area contributed by atoms with Gasteiger partial charge < -0.3 is 15.7 Å². The SMILES string of the molecule is FCF.Nc1nc(N2CCCC(O)C2)c2cn[nH]c2n1. The number of aliphatic hydroxyl groups is 1. The molecule has 9 heteroatoms. The highest BCUT2D eigenvalue weighted by Gasteiger charge is 2.21. The number of alkyl halides is 2. The first-order valence-corrected chi connectivity index (χ1v) is 6.17. The Kier molecular flexibility index (Phi) is 4.61. The zero-order valence-corrected chi connectivity index (χ0v) is 10.8. The number of β-amino-alcohol motifs (C(OH)–C–C–N with tert-alkyl or cyclic N) is 1. The van der Waals surface area contributed by atoms with Gasteiger partial charge in [0.05, 0.1) is 17.7 Å². The predicted octanol–water partition coefficient (Wildman–Crippen LogP) is 0.779. The lowest BCUT2D eigenvalue weighted by Crippen LogP contribution is -2.38. The molecule has 0 saturated carbocycles. The fourth-order valence-electron chi connectivity index (χ4n) is 2.22. The van der Waals surface area contributed by atoms with Gasteiger partial charge in [0, 0.05) is 13.1 Å². The van der Waals surface area contributed by atoms with E-state index in [4.69, 9.17) is 5.73 Å². The lowest BCUT2D eigenvalue weighted by atomic mass is 10.1. The number of rotatable bonds is 1. The molecule has 0 aliphatic carbocycles. The van der Waals surface area contributed by atoms with Crippen molar-refractivity contribution in [3.05, 3.63) is 6.20 Å². The molecule has 1 fully saturated rings. The van der Waals surface area contributed by atoms with Crippen molar-refractivity contribution in [2.24, 2.45) is 0 Å². The number of H-pyrrole nitrogens is 1. The zero-order valence-electron chi connectivity index (χ0n) is 10.8. The molecule has 3 heterocycles. The Morgan fingerprint density at radius 2 is 2.20 bits per heavy atom. The molecule has 1 aliphatic heterocycles. The second-order valence-corrected chi connectivity index (χ2v) is 4.38. The van der Waals surface area contributed by atoms with E-state index in [9.17, 15) is 13.9 Å². The molecule has 1 unspecified atom stereocenters. The van der Waals surface area contributed by atoms with Crippen molar-refractivity contribution in [3.63, 3.8) is 0 Å². The van der Waals surface area contributed by atoms with Gasteiger partial charge >= 0.3 is 0 Å². The van der Waals surface area contributed by atoms with Gasteiger partial charge in [0.25, 0.3) is 0 Å². The molecule has 0 aromatic carbocycles. The normalized spacial score (nSPS) is 18.8. The molecule has 0 amide bonds. The van der Waals surface area contributed by atoms with Crippen molar-refractivity contribution in [2.75, 3.05) is 30.7 Å². The van der Waals surface area contributed by atoms with Crippen molar-refractivity contribution in [3.8, 4) is 0 Å². The minimum absolute atomic E-state index is 0.219. The van der Waals surface area contributed by atoms with Gasteiger partial charge in [-0.3, -0.25) is 5.10 Å². The summed E-state index contributed by atoms with van der Waals surface area (Å²) in [4.78, 5) is 10.4. The topological polar surface area (TPSA) is 104 Å². The summed E-state index contributed by atoms with van der Waals surface area (Å²) in [7, 11) is 0. The van der Waals surface area contributed by atoms with Crippen LogP contribution in [0.2, 0.25) is 0 Å². The number of nitrogens with two attached hydrogens (primary N) is 1. The first-order valence-electron chi connectivity index (χ1n) is 6.17. The van der Waals surface area contributed by atoms with Gasteiger partial charge in [-0.05, 0) is 12.8 Å². The van der Waals surface area contributed by atoms with E-state index in [-0.39, 0.29) is 12.1 Å². The van der Waals surface area contributed by atoms with Gasteiger partial charge in [-0.15, -0.1) is 0 Å². The van der Waals surface area contributed by atoms with Gasteiger partial charge in [0.15, 0.2) is 5.65 Å². The summed E-state index contributed by atoms with van der Waals surface area (Å²) in [5, 5.41) is 17.3. The van der Waals surface area contributed by atoms with Crippen LogP contribution in [0.1, 0.15) is 12.8 Å². The number of aromatic amines is 1. The van der Waals surface area contributed by atoms with Crippen LogP contribution in [0.4, 0.5) is 20.5 Å². The van der Waals surface area contributed by atoms with Crippen molar-refractivity contribution in [1.29, 1.82) is 0 Å². The number of fused-ring (bicyclic) bond motifs is 1. The molecule has 2 aromatic rings. The molecule has 0 radical (unpaired) electrons. The first kappa shape index (κ1) is 14.4. The molecule has 1 saturated heterocycles. The van der Waals surface area contributed by atoms with Crippen LogP contribution in [0.5, 0.6) is 0 Å². The van der Waals surface area contributed by atoms with Gasteiger partial charge in [-0.1, -0.05) is 0 Å². The number of anilines is 2. The van der Waals surface area contributed by atoms with E-state index < -0.39 is 6.93 Å². The van der Waals surface area contributed by atoms with Crippen LogP contribution >= 0.6 is 0 Å². The van der Waals surface area contributed by atoms with Crippen LogP contribution in [0, 0.1) is 0 Å². The van der Waals surface area contributed by atoms with Gasteiger partial charge in [-0.2, -0.15) is 15.1 Å². The highest BCUT2D eigenvalue weighted by molar-refractivity contribution is 5.87. The third kappa shape index (κ3) is 3.10. The quantitative estimate of drug-likeness (QED) is 0.715. The van der Waals surface area contributed by atoms with E-state index in [1.54, 1.807) is 6.20 Å². The maximum Gasteiger partial charge on any atom is 0.229 e. The summed E-state index contributed by atoms with van der Waals surface area (Å²) in [6.07, 6.45) is 3.17. The number of nitrogens with zero attached hydrogens (tertiary/aromatic N) is 4. The predicted molar refractivity (Wildman–Crippen MR) is 70.6 cm³/mol. The molecule has 2 aromatic heterocycles. The number of aromatic nitrogens is 4. The van der Waals surface area contributed by atoms with E-state index in [0.29, 0.717) is 12.2 Å². The van der Waals surface area contributed by atoms with E-state index in [2.05, 4.69) is 20.2 Å². The maximum atomic E-state index is 9.69. The monoisotopic (exact) mass is 286 g/mol. The van der Waals surface area contributed by atoms with Crippen LogP contribution in [0.15, 0.2) is 6.20 Å². The van der Waals surface area contributed by atoms with Crippen LogP contribution in [-0.2, 0) is 0 Å². The molecular weight excluding hydrogens is 270 g/mol. The zero-order chi connectivity index (χ0) is 14.5. The number of piperidine rings is 1. The van der Waals surface area contributed by atoms with Gasteiger partial charge in [-0.25, -0.2) is 8.78 Å². The minimum Gasteiger partial charge on any atom is -0.391 e. The summed E-state index contributed by atoms with van der Waals surface area (Å²) in [5.74, 6) is 0.969. The number of hydrogen-bond acceptors (Lipinski definition) is 6. The summed E-state index contributed by atoms with van der Waals surface area (Å²) < 4.78 is 19.2. The third-order valence-electron chi connectivity index (χ3n) is 3.00. The average molecular weight is 286 g/mol. The van der Waals surface area contributed by atoms with Crippen molar-refractivity contribution >= 4 is 22.8 Å². The van der Waals surface area contributed by atoms with Crippen LogP contribution < -0.4 is 10.6 Å². The second kappa shape index (κ2) is 6.42. The standard InChI is InChI=1S/C10H14N6O.CH2F2/c11-10-13-8-7(4-12-15-8)9(14-10)16-3-1-2-6(17)5-16;2-1-3/h4,6,17H,1-3,5H2,(H3,11,12,13,14,15);1H2. The molecule has 4 N–H and O–H groups in total. The van der Waals surface area contributed by atoms with Crippen LogP contribution in [0.25, 0.3) is 11.0 Å². The van der Waals surface area contributed by atoms with Crippen LogP contribution in [-0.4, -0.2) is 51.4 Å². The van der Waals surface area contributed by atoms with E-state index in [0.717, 1.165) is 30.6 Å². The lowest BCUT2D eigenvalue weighted by molar-refractivity contribution is 0.154. The fraction of sp³-hybridized carbons (Fsp3) is 0.545. The smallest absolute Gasteiger partial charge is 0.229 e. The molecule has 1 atom stereocenters. The molecule has 0 bridgehead atoms. The minimum atomic E-state index is -1.75. The van der Waals surface area contributed by atoms with Crippen molar-refractivity contribution in [2.45, 2.75) is 18.9 Å². The molecule has 110 valence electrons. The molecule has 7 nitrogen and oxygen atoms in total. The largest absolute Gasteiger partial charge is 0.391 e. The summed E-state index contributed by atoms with van der Waals surface area (Å²) >= 11 is 0. The summed E-state index contributed by atoms with van der Waals surface area (Å²) in [6, 6.07) is 0. The van der Waals surface area contributed by atoms with E-state index >= 15 is 0 Å². The Hall–Kier alpha value is -2.03. The Morgan fingerprint density at radius 3 is 2.90 bits per heavy atom. The Morgan fingerprint density at radius 1 is 1.45 bits per heavy atom. The Bertz CT molecular complexity index is 563. The highest BCUT2D eigenvalue weighted by atomic mass is 19.3. The van der Waals surface area contributed by atoms with E-state index in [1.807, 2.05) is 4.90 Å². The fourth-order valence-corrected chi connectivity index (χ4v) is 2.22. The van der Waals surface area contributed by atoms with E-state index in [1.165, 1.54) is 0 Å². The van der Waals surface area contributed by atoms with Crippen molar-refractivity contribution < 1.29 is 13.9 Å². The third-order valence-corrected chi connectivity index (χ3v) is 3.00. The average Bonchev–Trinajstić information content (AvgIpc) is 2.86. The second-order valence-electron chi connectivity index (χ2n) is 4.38. The molecule has 20 heavy (non-hydrogen) atoms. The Labute approximate surface area is 113 Å². The number of nitrogens with one attached hydrogen (secondary N) is 1. The maximum absolute atomic E-state index is 9.69. The van der Waals surface area contributed by atoms with Gasteiger partial charge in [0.1, 0.15) is 5.82 Å². The molecular formula is C11H16F2N6O. The van der Waals surface area contributed by atoms with Gasteiger partial charge in [0.2, 0.25) is 12.9 Å². The highest BCUT2D eigenvalue weighted by Crippen LogP contribution is 2.25. The summed E-state index contributed by atoms with van der Waals surface area (Å²) in [5.41, 5.74) is 6.30. The number of aliphatic hydroxyl groups excluding tert-OH is 1. The Balaban J connectivity index is 0.000000452. The first-order chi connectivity index (χ1) is 9.65. The number of halogens is 2. The molecule has 3 rings (SSSR count). The molecule has 1 aliphatic rings. The van der Waals surface area contributed by atoms with Crippen molar-refractivity contribution in [1.82, 2.24) is 20.2 Å². The number of nitrogen functional groups attached to an aromatic ring is 1.